The van der Waals surface area contributed by atoms with Crippen molar-refractivity contribution in [2.75, 3.05) is 13.2 Å². The van der Waals surface area contributed by atoms with Gasteiger partial charge in [0.2, 0.25) is 0 Å². The molecule has 19 heavy (non-hydrogen) atoms. The molecule has 1 rings (SSSR count). The average molecular weight is 270 g/mol. The maximum Gasteiger partial charge on any atom is 0.312 e. The van der Waals surface area contributed by atoms with Crippen molar-refractivity contribution in [3.8, 4) is 0 Å². The number of carbonyl (C=O) groups excluding carboxylic acids is 2. The van der Waals surface area contributed by atoms with E-state index in [9.17, 15) is 9.59 Å². The first-order valence-electron chi connectivity index (χ1n) is 6.60. The van der Waals surface area contributed by atoms with E-state index in [0.717, 1.165) is 12.8 Å². The topological polar surface area (TPSA) is 90.7 Å². The molecular weight excluding hydrogens is 248 g/mol. The fraction of sp³-hybridized carbons (Fsp3) is 0.692. The van der Waals surface area contributed by atoms with E-state index in [1.807, 2.05) is 13.0 Å². The first kappa shape index (κ1) is 15.3. The van der Waals surface area contributed by atoms with Gasteiger partial charge in [-0.05, 0) is 31.8 Å². The van der Waals surface area contributed by atoms with Crippen LogP contribution in [0.25, 0.3) is 0 Å². The molecule has 1 heterocycles. The van der Waals surface area contributed by atoms with Crippen molar-refractivity contribution in [3.05, 3.63) is 12.3 Å². The van der Waals surface area contributed by atoms with Crippen LogP contribution in [-0.2, 0) is 14.3 Å². The zero-order valence-electron chi connectivity index (χ0n) is 11.3. The Morgan fingerprint density at radius 3 is 3.00 bits per heavy atom. The zero-order valence-corrected chi connectivity index (χ0v) is 11.3. The molecule has 1 unspecified atom stereocenters. The van der Waals surface area contributed by atoms with Crippen LogP contribution in [-0.4, -0.2) is 31.3 Å². The first-order valence-corrected chi connectivity index (χ1v) is 6.60. The Morgan fingerprint density at radius 2 is 2.37 bits per heavy atom. The Labute approximate surface area is 113 Å². The highest BCUT2D eigenvalue weighted by Crippen LogP contribution is 2.12. The zero-order chi connectivity index (χ0) is 14.1. The smallest absolute Gasteiger partial charge is 0.312 e. The van der Waals surface area contributed by atoms with Gasteiger partial charge < -0.3 is 20.5 Å². The van der Waals surface area contributed by atoms with Crippen LogP contribution in [0, 0.1) is 5.92 Å². The summed E-state index contributed by atoms with van der Waals surface area (Å²) < 4.78 is 10.5. The number of amides is 2. The largest absolute Gasteiger partial charge is 0.495 e. The second-order valence-electron chi connectivity index (χ2n) is 4.67. The van der Waals surface area contributed by atoms with E-state index in [1.54, 1.807) is 6.26 Å². The van der Waals surface area contributed by atoms with Crippen molar-refractivity contribution in [1.82, 2.24) is 5.32 Å². The number of esters is 1. The second kappa shape index (κ2) is 8.39. The molecular formula is C13H22N2O4. The number of nitrogens with two attached hydrogens (primary N) is 1. The van der Waals surface area contributed by atoms with Crippen molar-refractivity contribution >= 4 is 12.0 Å². The van der Waals surface area contributed by atoms with Gasteiger partial charge in [0, 0.05) is 6.54 Å². The van der Waals surface area contributed by atoms with E-state index >= 15 is 0 Å². The normalized spacial score (nSPS) is 19.3. The van der Waals surface area contributed by atoms with Crippen LogP contribution in [0.4, 0.5) is 4.79 Å². The summed E-state index contributed by atoms with van der Waals surface area (Å²) in [7, 11) is 0. The number of carbonyl (C=O) groups is 2. The predicted molar refractivity (Wildman–Crippen MR) is 70.2 cm³/mol. The van der Waals surface area contributed by atoms with Crippen LogP contribution in [0.15, 0.2) is 12.3 Å². The minimum absolute atomic E-state index is 0.0299. The Balaban J connectivity index is 2.10. The SMILES string of the molecule is C[C@@H](CCCNC(N)=O)C(=O)OCC1CCC=CO1. The number of hydrogen-bond donors (Lipinski definition) is 2. The van der Waals surface area contributed by atoms with Gasteiger partial charge in [-0.2, -0.15) is 0 Å². The molecule has 6 heteroatoms. The highest BCUT2D eigenvalue weighted by molar-refractivity contribution is 5.72. The van der Waals surface area contributed by atoms with E-state index in [4.69, 9.17) is 15.2 Å². The van der Waals surface area contributed by atoms with Crippen LogP contribution >= 0.6 is 0 Å². The number of ether oxygens (including phenoxy) is 2. The molecule has 0 saturated carbocycles. The van der Waals surface area contributed by atoms with Gasteiger partial charge in [-0.15, -0.1) is 0 Å². The molecule has 0 saturated heterocycles. The lowest BCUT2D eigenvalue weighted by molar-refractivity contribution is -0.151. The molecule has 0 fully saturated rings. The minimum Gasteiger partial charge on any atom is -0.495 e. The van der Waals surface area contributed by atoms with Crippen LogP contribution in [0.3, 0.4) is 0 Å². The Hall–Kier alpha value is -1.72. The molecule has 108 valence electrons. The van der Waals surface area contributed by atoms with Gasteiger partial charge in [-0.25, -0.2) is 4.79 Å². The van der Waals surface area contributed by atoms with Crippen LogP contribution in [0.2, 0.25) is 0 Å². The molecule has 1 aliphatic heterocycles. The van der Waals surface area contributed by atoms with Crippen molar-refractivity contribution in [3.63, 3.8) is 0 Å². The van der Waals surface area contributed by atoms with E-state index in [0.29, 0.717) is 26.0 Å². The Bertz CT molecular complexity index is 331. The molecule has 3 N–H and O–H groups in total. The highest BCUT2D eigenvalue weighted by Gasteiger charge is 2.18. The third kappa shape index (κ3) is 6.69. The summed E-state index contributed by atoms with van der Waals surface area (Å²) in [4.78, 5) is 22.2. The van der Waals surface area contributed by atoms with Gasteiger partial charge in [0.05, 0.1) is 12.2 Å². The van der Waals surface area contributed by atoms with Gasteiger partial charge in [-0.3, -0.25) is 4.79 Å². The molecule has 0 aliphatic carbocycles. The number of primary amides is 1. The Morgan fingerprint density at radius 1 is 1.58 bits per heavy atom. The quantitative estimate of drug-likeness (QED) is 0.539. The molecule has 0 spiro atoms. The summed E-state index contributed by atoms with van der Waals surface area (Å²) in [5.74, 6) is -0.411. The average Bonchev–Trinajstić information content (AvgIpc) is 2.41. The lowest BCUT2D eigenvalue weighted by atomic mass is 10.1. The molecule has 0 aromatic carbocycles. The van der Waals surface area contributed by atoms with E-state index in [-0.39, 0.29) is 18.0 Å². The molecule has 0 aromatic heterocycles. The predicted octanol–water partition coefficient (Wildman–Crippen LogP) is 1.31. The second-order valence-corrected chi connectivity index (χ2v) is 4.67. The van der Waals surface area contributed by atoms with Crippen molar-refractivity contribution in [2.24, 2.45) is 11.7 Å². The molecule has 2 amide bonds. The van der Waals surface area contributed by atoms with E-state index in [2.05, 4.69) is 5.32 Å². The van der Waals surface area contributed by atoms with Gasteiger partial charge in [0.1, 0.15) is 12.7 Å². The van der Waals surface area contributed by atoms with Crippen LogP contribution < -0.4 is 11.1 Å². The first-order chi connectivity index (χ1) is 9.09. The lowest BCUT2D eigenvalue weighted by Crippen LogP contribution is -2.30. The van der Waals surface area contributed by atoms with E-state index < -0.39 is 6.03 Å². The summed E-state index contributed by atoms with van der Waals surface area (Å²) in [5, 5.41) is 2.48. The maximum absolute atomic E-state index is 11.7. The number of nitrogens with one attached hydrogen (secondary N) is 1. The maximum atomic E-state index is 11.7. The third-order valence-corrected chi connectivity index (χ3v) is 2.95. The van der Waals surface area contributed by atoms with Gasteiger partial charge in [-0.1, -0.05) is 6.92 Å². The third-order valence-electron chi connectivity index (χ3n) is 2.95. The minimum atomic E-state index is -0.544. The summed E-state index contributed by atoms with van der Waals surface area (Å²) in [6, 6.07) is -0.544. The molecule has 0 aromatic rings. The van der Waals surface area contributed by atoms with Gasteiger partial charge >= 0.3 is 12.0 Å². The van der Waals surface area contributed by atoms with E-state index in [1.165, 1.54) is 0 Å². The van der Waals surface area contributed by atoms with Gasteiger partial charge in [0.15, 0.2) is 0 Å². The summed E-state index contributed by atoms with van der Waals surface area (Å²) >= 11 is 0. The molecule has 2 atom stereocenters. The van der Waals surface area contributed by atoms with Gasteiger partial charge in [0.25, 0.3) is 0 Å². The molecule has 6 nitrogen and oxygen atoms in total. The van der Waals surface area contributed by atoms with Crippen LogP contribution in [0.1, 0.15) is 32.6 Å². The van der Waals surface area contributed by atoms with Crippen molar-refractivity contribution in [1.29, 1.82) is 0 Å². The summed E-state index contributed by atoms with van der Waals surface area (Å²) in [5.41, 5.74) is 4.94. The fourth-order valence-electron chi connectivity index (χ4n) is 1.76. The number of hydrogen-bond acceptors (Lipinski definition) is 4. The highest BCUT2D eigenvalue weighted by atomic mass is 16.6. The monoisotopic (exact) mass is 270 g/mol. The standard InChI is InChI=1S/C13H22N2O4/c1-10(5-4-7-15-13(14)17)12(16)19-9-11-6-2-3-8-18-11/h3,8,10-11H,2,4-7,9H2,1H3,(H3,14,15,17)/t10-,11?/m0/s1. The number of urea groups is 1. The number of rotatable bonds is 7. The van der Waals surface area contributed by atoms with Crippen molar-refractivity contribution < 1.29 is 19.1 Å². The molecule has 0 radical (unpaired) electrons. The Kier molecular flexibility index (Phi) is 6.78. The number of allylic oxidation sites excluding steroid dienone is 1. The molecule has 0 bridgehead atoms. The van der Waals surface area contributed by atoms with Crippen molar-refractivity contribution in [2.45, 2.75) is 38.7 Å². The lowest BCUT2D eigenvalue weighted by Gasteiger charge is -2.20. The van der Waals surface area contributed by atoms with Crippen LogP contribution in [0.5, 0.6) is 0 Å². The fourth-order valence-corrected chi connectivity index (χ4v) is 1.76. The summed E-state index contributed by atoms with van der Waals surface area (Å²) in [6.07, 6.45) is 6.76. The summed E-state index contributed by atoms with van der Waals surface area (Å²) in [6.45, 7) is 2.59. The molecule has 1 aliphatic rings.